The minimum absolute atomic E-state index is 0.176. The van der Waals surface area contributed by atoms with Crippen molar-refractivity contribution in [1.82, 2.24) is 10.6 Å². The van der Waals surface area contributed by atoms with E-state index in [1.165, 1.54) is 0 Å². The lowest BCUT2D eigenvalue weighted by Crippen LogP contribution is -2.29. The average molecular weight is 425 g/mol. The Labute approximate surface area is 187 Å². The molecule has 0 aliphatic heterocycles. The molecule has 160 valence electrons. The van der Waals surface area contributed by atoms with Gasteiger partial charge in [-0.05, 0) is 34.0 Å². The summed E-state index contributed by atoms with van der Waals surface area (Å²) in [5, 5.41) is 7.64. The van der Waals surface area contributed by atoms with Gasteiger partial charge in [0.15, 0.2) is 6.61 Å². The maximum absolute atomic E-state index is 12.9. The van der Waals surface area contributed by atoms with Crippen molar-refractivity contribution in [3.63, 3.8) is 0 Å². The van der Waals surface area contributed by atoms with Gasteiger partial charge < -0.3 is 15.4 Å². The van der Waals surface area contributed by atoms with Gasteiger partial charge in [-0.2, -0.15) is 0 Å². The van der Waals surface area contributed by atoms with Gasteiger partial charge in [0.2, 0.25) is 0 Å². The van der Waals surface area contributed by atoms with E-state index < -0.39 is 0 Å². The van der Waals surface area contributed by atoms with Crippen molar-refractivity contribution in [2.75, 3.05) is 6.61 Å². The summed E-state index contributed by atoms with van der Waals surface area (Å²) in [6, 6.07) is 30.7. The first-order chi connectivity index (χ1) is 15.7. The molecule has 0 unspecified atom stereocenters. The highest BCUT2D eigenvalue weighted by atomic mass is 16.5. The summed E-state index contributed by atoms with van der Waals surface area (Å²) in [5.41, 5.74) is 2.41. The van der Waals surface area contributed by atoms with Crippen LogP contribution < -0.4 is 15.4 Å². The molecule has 4 aromatic rings. The molecule has 0 fully saturated rings. The second kappa shape index (κ2) is 10.3. The minimum atomic E-state index is -0.252. The molecule has 0 heterocycles. The molecule has 4 aromatic carbocycles. The molecule has 0 bridgehead atoms. The molecule has 0 aliphatic rings. The molecule has 0 aliphatic carbocycles. The van der Waals surface area contributed by atoms with E-state index in [9.17, 15) is 9.59 Å². The Bertz CT molecular complexity index is 1210. The summed E-state index contributed by atoms with van der Waals surface area (Å²) in [4.78, 5) is 25.3. The van der Waals surface area contributed by atoms with Gasteiger partial charge in [-0.25, -0.2) is 0 Å². The van der Waals surface area contributed by atoms with E-state index in [0.29, 0.717) is 24.4 Å². The summed E-state index contributed by atoms with van der Waals surface area (Å²) in [6.45, 7) is 0.652. The van der Waals surface area contributed by atoms with Gasteiger partial charge in [-0.3, -0.25) is 9.59 Å². The highest BCUT2D eigenvalue weighted by Crippen LogP contribution is 2.26. The fourth-order valence-electron chi connectivity index (χ4n) is 3.38. The van der Waals surface area contributed by atoms with E-state index in [0.717, 1.165) is 21.9 Å². The van der Waals surface area contributed by atoms with Crippen molar-refractivity contribution in [3.8, 4) is 5.75 Å². The fraction of sp³-hybridized carbons (Fsp3) is 0.111. The average Bonchev–Trinajstić information content (AvgIpc) is 2.85. The number of benzene rings is 4. The van der Waals surface area contributed by atoms with Crippen LogP contribution in [-0.2, 0) is 17.9 Å². The van der Waals surface area contributed by atoms with Gasteiger partial charge in [-0.1, -0.05) is 84.9 Å². The van der Waals surface area contributed by atoms with E-state index in [1.807, 2.05) is 84.9 Å². The van der Waals surface area contributed by atoms with E-state index in [2.05, 4.69) is 10.6 Å². The van der Waals surface area contributed by atoms with Crippen molar-refractivity contribution in [2.24, 2.45) is 0 Å². The molecule has 0 aromatic heterocycles. The van der Waals surface area contributed by atoms with Gasteiger partial charge >= 0.3 is 0 Å². The van der Waals surface area contributed by atoms with Crippen LogP contribution in [0.4, 0.5) is 0 Å². The summed E-state index contributed by atoms with van der Waals surface area (Å²) in [6.07, 6.45) is 0. The molecule has 0 saturated carbocycles. The second-order valence-electron chi connectivity index (χ2n) is 7.41. The molecule has 0 saturated heterocycles. The first kappa shape index (κ1) is 21.1. The lowest BCUT2D eigenvalue weighted by atomic mass is 10.1. The van der Waals surface area contributed by atoms with Crippen molar-refractivity contribution in [3.05, 3.63) is 114 Å². The maximum Gasteiger partial charge on any atom is 0.258 e. The number of carbonyl (C=O) groups excluding carboxylic acids is 2. The molecule has 4 rings (SSSR count). The molecule has 2 N–H and O–H groups in total. The summed E-state index contributed by atoms with van der Waals surface area (Å²) in [5.74, 6) is -0.124. The molecular weight excluding hydrogens is 400 g/mol. The van der Waals surface area contributed by atoms with Crippen molar-refractivity contribution >= 4 is 22.6 Å². The van der Waals surface area contributed by atoms with Gasteiger partial charge in [0.25, 0.3) is 11.8 Å². The largest absolute Gasteiger partial charge is 0.483 e. The summed E-state index contributed by atoms with van der Waals surface area (Å²) >= 11 is 0. The Hall–Kier alpha value is -4.12. The number of fused-ring (bicyclic) bond motifs is 1. The Morgan fingerprint density at radius 1 is 0.656 bits per heavy atom. The Balaban J connectivity index is 1.46. The quantitative estimate of drug-likeness (QED) is 0.439. The Morgan fingerprint density at radius 2 is 1.19 bits per heavy atom. The van der Waals surface area contributed by atoms with E-state index >= 15 is 0 Å². The smallest absolute Gasteiger partial charge is 0.258 e. The van der Waals surface area contributed by atoms with Crippen LogP contribution in [0, 0.1) is 0 Å². The normalized spacial score (nSPS) is 10.5. The number of carbonyl (C=O) groups is 2. The zero-order chi connectivity index (χ0) is 22.2. The topological polar surface area (TPSA) is 67.4 Å². The predicted molar refractivity (Wildman–Crippen MR) is 125 cm³/mol. The third kappa shape index (κ3) is 5.52. The Morgan fingerprint density at radius 3 is 1.81 bits per heavy atom. The predicted octanol–water partition coefficient (Wildman–Crippen LogP) is 4.47. The van der Waals surface area contributed by atoms with Crippen LogP contribution >= 0.6 is 0 Å². The third-order valence-electron chi connectivity index (χ3n) is 5.08. The number of hydrogen-bond acceptors (Lipinski definition) is 3. The van der Waals surface area contributed by atoms with Gasteiger partial charge in [0.1, 0.15) is 5.75 Å². The van der Waals surface area contributed by atoms with Crippen molar-refractivity contribution in [2.45, 2.75) is 13.1 Å². The standard InChI is InChI=1S/C27H24N2O3/c30-26(28-17-20-9-3-1-4-10-20)19-32-25-16-23-14-8-7-13-22(23)15-24(25)27(31)29-18-21-11-5-2-6-12-21/h1-16H,17-19H2,(H,28,30)(H,29,31). The van der Waals surface area contributed by atoms with Gasteiger partial charge in [0, 0.05) is 13.1 Å². The molecule has 0 radical (unpaired) electrons. The number of rotatable bonds is 8. The van der Waals surface area contributed by atoms with Crippen LogP contribution in [0.15, 0.2) is 97.1 Å². The third-order valence-corrected chi connectivity index (χ3v) is 5.08. The van der Waals surface area contributed by atoms with Crippen LogP contribution in [0.5, 0.6) is 5.75 Å². The molecule has 32 heavy (non-hydrogen) atoms. The maximum atomic E-state index is 12.9. The number of nitrogens with one attached hydrogen (secondary N) is 2. The summed E-state index contributed by atoms with van der Waals surface area (Å²) < 4.78 is 5.80. The van der Waals surface area contributed by atoms with Crippen molar-refractivity contribution < 1.29 is 14.3 Å². The molecule has 2 amide bonds. The lowest BCUT2D eigenvalue weighted by molar-refractivity contribution is -0.123. The van der Waals surface area contributed by atoms with Gasteiger partial charge in [-0.15, -0.1) is 0 Å². The molecule has 5 nitrogen and oxygen atoms in total. The molecule has 0 atom stereocenters. The highest BCUT2D eigenvalue weighted by Gasteiger charge is 2.15. The fourth-order valence-corrected chi connectivity index (χ4v) is 3.38. The monoisotopic (exact) mass is 424 g/mol. The van der Waals surface area contributed by atoms with E-state index in [-0.39, 0.29) is 18.4 Å². The second-order valence-corrected chi connectivity index (χ2v) is 7.41. The Kier molecular flexibility index (Phi) is 6.78. The molecular formula is C27H24N2O3. The molecule has 0 spiro atoms. The molecule has 5 heteroatoms. The zero-order valence-corrected chi connectivity index (χ0v) is 17.6. The van der Waals surface area contributed by atoms with Crippen LogP contribution in [-0.4, -0.2) is 18.4 Å². The SMILES string of the molecule is O=C(COc1cc2ccccc2cc1C(=O)NCc1ccccc1)NCc1ccccc1. The van der Waals surface area contributed by atoms with Crippen LogP contribution in [0.1, 0.15) is 21.5 Å². The first-order valence-corrected chi connectivity index (χ1v) is 10.5. The lowest BCUT2D eigenvalue weighted by Gasteiger charge is -2.14. The first-order valence-electron chi connectivity index (χ1n) is 10.5. The van der Waals surface area contributed by atoms with Crippen LogP contribution in [0.2, 0.25) is 0 Å². The highest BCUT2D eigenvalue weighted by molar-refractivity contribution is 6.01. The minimum Gasteiger partial charge on any atom is -0.483 e. The summed E-state index contributed by atoms with van der Waals surface area (Å²) in [7, 11) is 0. The number of amides is 2. The number of ether oxygens (including phenoxy) is 1. The van der Waals surface area contributed by atoms with E-state index in [4.69, 9.17) is 4.74 Å². The zero-order valence-electron chi connectivity index (χ0n) is 17.6. The van der Waals surface area contributed by atoms with Crippen LogP contribution in [0.3, 0.4) is 0 Å². The van der Waals surface area contributed by atoms with Crippen molar-refractivity contribution in [1.29, 1.82) is 0 Å². The van der Waals surface area contributed by atoms with E-state index in [1.54, 1.807) is 12.1 Å². The van der Waals surface area contributed by atoms with Gasteiger partial charge in [0.05, 0.1) is 5.56 Å². The number of hydrogen-bond donors (Lipinski definition) is 2. The van der Waals surface area contributed by atoms with Crippen LogP contribution in [0.25, 0.3) is 10.8 Å².